The fraction of sp³-hybridized carbons (Fsp3) is 0.667. The molecule has 0 amide bonds. The van der Waals surface area contributed by atoms with Crippen molar-refractivity contribution in [1.29, 1.82) is 0 Å². The van der Waals surface area contributed by atoms with E-state index in [1.165, 1.54) is 38.5 Å². The van der Waals surface area contributed by atoms with Crippen LogP contribution < -0.4 is 0 Å². The minimum Gasteiger partial charge on any atom is -0.263 e. The van der Waals surface area contributed by atoms with Crippen molar-refractivity contribution in [2.45, 2.75) is 63.7 Å². The van der Waals surface area contributed by atoms with E-state index in [2.05, 4.69) is 11.9 Å². The first kappa shape index (κ1) is 15.8. The molecule has 1 aromatic rings. The van der Waals surface area contributed by atoms with E-state index in [1.807, 2.05) is 6.07 Å². The summed E-state index contributed by atoms with van der Waals surface area (Å²) in [6.45, 7) is 2.24. The van der Waals surface area contributed by atoms with Crippen molar-refractivity contribution in [3.63, 3.8) is 0 Å². The van der Waals surface area contributed by atoms with Crippen LogP contribution in [-0.4, -0.2) is 10.4 Å². The molecule has 0 aliphatic heterocycles. The molecule has 0 bridgehead atoms. The van der Waals surface area contributed by atoms with Gasteiger partial charge in [-0.3, -0.25) is 4.98 Å². The monoisotopic (exact) mass is 287 g/mol. The van der Waals surface area contributed by atoms with Gasteiger partial charge < -0.3 is 0 Å². The summed E-state index contributed by atoms with van der Waals surface area (Å²) < 4.78 is 0. The second-order valence-electron chi connectivity index (χ2n) is 4.82. The molecule has 3 heteroatoms. The number of rotatable bonds is 9. The van der Waals surface area contributed by atoms with E-state index in [9.17, 15) is 0 Å². The molecule has 1 unspecified atom stereocenters. The van der Waals surface area contributed by atoms with Crippen LogP contribution in [0.1, 0.15) is 57.4 Å². The van der Waals surface area contributed by atoms with Crippen LogP contribution >= 0.6 is 23.2 Å². The normalized spacial score (nSPS) is 12.6. The lowest BCUT2D eigenvalue weighted by Crippen LogP contribution is -2.04. The van der Waals surface area contributed by atoms with Crippen molar-refractivity contribution >= 4 is 23.2 Å². The third-order valence-electron chi connectivity index (χ3n) is 3.17. The molecule has 18 heavy (non-hydrogen) atoms. The number of nitrogens with zero attached hydrogens (tertiary/aromatic N) is 1. The quantitative estimate of drug-likeness (QED) is 0.423. The second-order valence-corrected chi connectivity index (χ2v) is 5.85. The molecule has 1 atom stereocenters. The van der Waals surface area contributed by atoms with Crippen LogP contribution in [-0.2, 0) is 6.42 Å². The van der Waals surface area contributed by atoms with Gasteiger partial charge >= 0.3 is 0 Å². The van der Waals surface area contributed by atoms with Gasteiger partial charge in [0.15, 0.2) is 0 Å². The molecular formula is C15H23Cl2N. The van der Waals surface area contributed by atoms with Crippen LogP contribution in [0.2, 0.25) is 5.02 Å². The summed E-state index contributed by atoms with van der Waals surface area (Å²) in [7, 11) is 0. The van der Waals surface area contributed by atoms with Crippen LogP contribution in [0.3, 0.4) is 0 Å². The van der Waals surface area contributed by atoms with Crippen LogP contribution in [0.15, 0.2) is 18.5 Å². The van der Waals surface area contributed by atoms with Gasteiger partial charge in [0.25, 0.3) is 0 Å². The molecule has 0 spiro atoms. The molecule has 1 heterocycles. The van der Waals surface area contributed by atoms with E-state index < -0.39 is 0 Å². The fourth-order valence-corrected chi connectivity index (χ4v) is 2.57. The van der Waals surface area contributed by atoms with Crippen molar-refractivity contribution < 1.29 is 0 Å². The first-order valence-electron chi connectivity index (χ1n) is 6.96. The zero-order valence-corrected chi connectivity index (χ0v) is 12.7. The number of aromatic nitrogens is 1. The summed E-state index contributed by atoms with van der Waals surface area (Å²) in [6, 6.07) is 1.96. The second kappa shape index (κ2) is 9.63. The van der Waals surface area contributed by atoms with E-state index >= 15 is 0 Å². The van der Waals surface area contributed by atoms with Crippen molar-refractivity contribution in [2.24, 2.45) is 0 Å². The Hall–Kier alpha value is -0.270. The first-order valence-corrected chi connectivity index (χ1v) is 7.78. The highest BCUT2D eigenvalue weighted by Gasteiger charge is 2.08. The minimum absolute atomic E-state index is 0.191. The van der Waals surface area contributed by atoms with Gasteiger partial charge in [-0.25, -0.2) is 0 Å². The lowest BCUT2D eigenvalue weighted by molar-refractivity contribution is 0.578. The van der Waals surface area contributed by atoms with E-state index in [0.29, 0.717) is 0 Å². The van der Waals surface area contributed by atoms with Gasteiger partial charge in [0, 0.05) is 17.8 Å². The summed E-state index contributed by atoms with van der Waals surface area (Å²) in [5.41, 5.74) is 1.11. The Balaban J connectivity index is 2.14. The van der Waals surface area contributed by atoms with Crippen LogP contribution in [0.4, 0.5) is 0 Å². The number of alkyl halides is 1. The number of unbranched alkanes of at least 4 members (excludes halogenated alkanes) is 5. The molecule has 0 N–H and O–H groups in total. The zero-order chi connectivity index (χ0) is 13.2. The third kappa shape index (κ3) is 6.61. The molecular weight excluding hydrogens is 265 g/mol. The molecule has 1 nitrogen and oxygen atoms in total. The van der Waals surface area contributed by atoms with E-state index in [0.717, 1.165) is 23.4 Å². The average Bonchev–Trinajstić information content (AvgIpc) is 2.36. The molecule has 0 aliphatic carbocycles. The van der Waals surface area contributed by atoms with Gasteiger partial charge in [-0.15, -0.1) is 11.6 Å². The van der Waals surface area contributed by atoms with Crippen molar-refractivity contribution in [3.05, 3.63) is 29.0 Å². The van der Waals surface area contributed by atoms with Crippen LogP contribution in [0.5, 0.6) is 0 Å². The highest BCUT2D eigenvalue weighted by Crippen LogP contribution is 2.20. The standard InChI is InChI=1S/C15H23Cl2N/c1-2-3-4-5-6-7-8-14(16)11-13-9-10-18-12-15(13)17/h9-10,12,14H,2-8,11H2,1H3. The number of hydrogen-bond acceptors (Lipinski definition) is 1. The van der Waals surface area contributed by atoms with Crippen molar-refractivity contribution in [2.75, 3.05) is 0 Å². The lowest BCUT2D eigenvalue weighted by atomic mass is 10.0. The maximum atomic E-state index is 6.35. The van der Waals surface area contributed by atoms with Gasteiger partial charge in [-0.2, -0.15) is 0 Å². The molecule has 1 rings (SSSR count). The SMILES string of the molecule is CCCCCCCCC(Cl)Cc1ccncc1Cl. The Labute approximate surface area is 121 Å². The third-order valence-corrected chi connectivity index (χ3v) is 3.88. The molecule has 0 saturated carbocycles. The van der Waals surface area contributed by atoms with Crippen LogP contribution in [0.25, 0.3) is 0 Å². The summed E-state index contributed by atoms with van der Waals surface area (Å²) in [4.78, 5) is 3.98. The Morgan fingerprint density at radius 3 is 2.61 bits per heavy atom. The van der Waals surface area contributed by atoms with Crippen LogP contribution in [0, 0.1) is 0 Å². The molecule has 0 fully saturated rings. The highest BCUT2D eigenvalue weighted by atomic mass is 35.5. The van der Waals surface area contributed by atoms with Gasteiger partial charge in [0.2, 0.25) is 0 Å². The number of hydrogen-bond donors (Lipinski definition) is 0. The average molecular weight is 288 g/mol. The largest absolute Gasteiger partial charge is 0.263 e. The Morgan fingerprint density at radius 1 is 1.17 bits per heavy atom. The van der Waals surface area contributed by atoms with Gasteiger partial charge in [-0.1, -0.05) is 57.0 Å². The summed E-state index contributed by atoms with van der Waals surface area (Å²) in [6.07, 6.45) is 13.3. The zero-order valence-electron chi connectivity index (χ0n) is 11.2. The molecule has 102 valence electrons. The number of halogens is 2. The topological polar surface area (TPSA) is 12.9 Å². The molecule has 0 aromatic carbocycles. The first-order chi connectivity index (χ1) is 8.74. The van der Waals surface area contributed by atoms with E-state index in [1.54, 1.807) is 12.4 Å². The minimum atomic E-state index is 0.191. The summed E-state index contributed by atoms with van der Waals surface area (Å²) in [5, 5.41) is 0.919. The Bertz CT molecular complexity index is 328. The smallest absolute Gasteiger partial charge is 0.0621 e. The van der Waals surface area contributed by atoms with Gasteiger partial charge in [0.05, 0.1) is 5.02 Å². The predicted octanol–water partition coefficient (Wildman–Crippen LogP) is 5.64. The summed E-state index contributed by atoms with van der Waals surface area (Å²) >= 11 is 12.4. The van der Waals surface area contributed by atoms with E-state index in [4.69, 9.17) is 23.2 Å². The summed E-state index contributed by atoms with van der Waals surface area (Å²) in [5.74, 6) is 0. The van der Waals surface area contributed by atoms with Crippen molar-refractivity contribution in [1.82, 2.24) is 4.98 Å². The molecule has 0 saturated heterocycles. The number of pyridine rings is 1. The Kier molecular flexibility index (Phi) is 8.45. The lowest BCUT2D eigenvalue weighted by Gasteiger charge is -2.10. The molecule has 0 radical (unpaired) electrons. The van der Waals surface area contributed by atoms with Gasteiger partial charge in [-0.05, 0) is 24.5 Å². The fourth-order valence-electron chi connectivity index (χ4n) is 2.06. The maximum Gasteiger partial charge on any atom is 0.0621 e. The predicted molar refractivity (Wildman–Crippen MR) is 80.6 cm³/mol. The highest BCUT2D eigenvalue weighted by molar-refractivity contribution is 6.31. The Morgan fingerprint density at radius 2 is 1.89 bits per heavy atom. The molecule has 0 aliphatic rings. The molecule has 1 aromatic heterocycles. The maximum absolute atomic E-state index is 6.35. The van der Waals surface area contributed by atoms with Gasteiger partial charge in [0.1, 0.15) is 0 Å². The van der Waals surface area contributed by atoms with Crippen molar-refractivity contribution in [3.8, 4) is 0 Å². The van der Waals surface area contributed by atoms with E-state index in [-0.39, 0.29) is 5.38 Å².